The molecule has 1 atom stereocenters. The van der Waals surface area contributed by atoms with Crippen LogP contribution in [0, 0.1) is 12.7 Å². The van der Waals surface area contributed by atoms with E-state index in [4.69, 9.17) is 9.47 Å². The van der Waals surface area contributed by atoms with E-state index in [0.717, 1.165) is 11.1 Å². The molecule has 138 valence electrons. The van der Waals surface area contributed by atoms with Gasteiger partial charge in [0.05, 0.1) is 12.7 Å². The number of para-hydroxylation sites is 2. The Hall–Kier alpha value is -3.35. The molecule has 2 heterocycles. The first-order chi connectivity index (χ1) is 13.1. The number of aromatic nitrogens is 2. The molecule has 0 bridgehead atoms. The largest absolute Gasteiger partial charge is 0.485 e. The van der Waals surface area contributed by atoms with Crippen molar-refractivity contribution in [2.75, 3.05) is 11.9 Å². The molecule has 1 aromatic heterocycles. The molecule has 0 saturated carbocycles. The van der Waals surface area contributed by atoms with Crippen LogP contribution in [0.3, 0.4) is 0 Å². The summed E-state index contributed by atoms with van der Waals surface area (Å²) in [5, 5.41) is 7.14. The first-order valence-corrected chi connectivity index (χ1v) is 8.56. The van der Waals surface area contributed by atoms with Crippen molar-refractivity contribution in [3.63, 3.8) is 0 Å². The number of carbonyl (C=O) groups is 1. The van der Waals surface area contributed by atoms with E-state index in [1.54, 1.807) is 35.1 Å². The summed E-state index contributed by atoms with van der Waals surface area (Å²) in [6.45, 7) is 2.31. The molecule has 2 aromatic carbocycles. The van der Waals surface area contributed by atoms with E-state index in [9.17, 15) is 9.18 Å². The smallest absolute Gasteiger partial charge is 0.270 e. The van der Waals surface area contributed by atoms with Crippen molar-refractivity contribution >= 4 is 11.7 Å². The van der Waals surface area contributed by atoms with Crippen LogP contribution in [-0.2, 0) is 11.3 Å². The Kier molecular flexibility index (Phi) is 4.50. The topological polar surface area (TPSA) is 65.4 Å². The maximum atomic E-state index is 13.4. The van der Waals surface area contributed by atoms with Gasteiger partial charge in [-0.3, -0.25) is 4.79 Å². The lowest BCUT2D eigenvalue weighted by Crippen LogP contribution is -2.40. The highest BCUT2D eigenvalue weighted by atomic mass is 19.1. The van der Waals surface area contributed by atoms with Gasteiger partial charge in [0.15, 0.2) is 11.5 Å². The minimum Gasteiger partial charge on any atom is -0.485 e. The molecule has 1 aliphatic heterocycles. The van der Waals surface area contributed by atoms with Crippen LogP contribution < -0.4 is 14.8 Å². The lowest BCUT2D eigenvalue weighted by atomic mass is 10.2. The van der Waals surface area contributed by atoms with E-state index in [1.165, 1.54) is 12.1 Å². The van der Waals surface area contributed by atoms with Crippen LogP contribution in [0.25, 0.3) is 0 Å². The monoisotopic (exact) mass is 367 g/mol. The fourth-order valence-corrected chi connectivity index (χ4v) is 2.92. The minimum atomic E-state index is -0.767. The van der Waals surface area contributed by atoms with Crippen LogP contribution in [0.15, 0.2) is 54.7 Å². The molecule has 0 fully saturated rings. The summed E-state index contributed by atoms with van der Waals surface area (Å²) < 4.78 is 26.4. The van der Waals surface area contributed by atoms with Gasteiger partial charge in [-0.05, 0) is 36.8 Å². The molecule has 1 amide bonds. The summed E-state index contributed by atoms with van der Waals surface area (Å²) in [6, 6.07) is 13.5. The quantitative estimate of drug-likeness (QED) is 0.769. The van der Waals surface area contributed by atoms with Gasteiger partial charge in [0.25, 0.3) is 5.91 Å². The van der Waals surface area contributed by atoms with Gasteiger partial charge in [-0.1, -0.05) is 24.3 Å². The molecule has 0 saturated heterocycles. The third kappa shape index (κ3) is 3.62. The molecule has 3 aromatic rings. The van der Waals surface area contributed by atoms with Crippen LogP contribution >= 0.6 is 0 Å². The number of halogens is 1. The zero-order valence-electron chi connectivity index (χ0n) is 14.7. The van der Waals surface area contributed by atoms with E-state index in [1.807, 2.05) is 19.1 Å². The zero-order chi connectivity index (χ0) is 18.8. The zero-order valence-corrected chi connectivity index (χ0v) is 14.7. The second-order valence-corrected chi connectivity index (χ2v) is 6.32. The lowest BCUT2D eigenvalue weighted by Gasteiger charge is -2.25. The van der Waals surface area contributed by atoms with Gasteiger partial charge in [-0.2, -0.15) is 5.10 Å². The SMILES string of the molecule is Cc1cnn(Cc2cccc(F)c2)c1NC(=O)C1COc2ccccc2O1. The summed E-state index contributed by atoms with van der Waals surface area (Å²) >= 11 is 0. The average Bonchev–Trinajstić information content (AvgIpc) is 3.01. The van der Waals surface area contributed by atoms with Crippen LogP contribution in [0.1, 0.15) is 11.1 Å². The number of ether oxygens (including phenoxy) is 2. The second-order valence-electron chi connectivity index (χ2n) is 6.32. The van der Waals surface area contributed by atoms with Crippen molar-refractivity contribution in [3.8, 4) is 11.5 Å². The normalized spacial score (nSPS) is 15.4. The maximum absolute atomic E-state index is 13.4. The van der Waals surface area contributed by atoms with Crippen molar-refractivity contribution in [1.82, 2.24) is 9.78 Å². The molecular formula is C20H18FN3O3. The summed E-state index contributed by atoms with van der Waals surface area (Å²) in [5.41, 5.74) is 1.55. The number of anilines is 1. The van der Waals surface area contributed by atoms with Gasteiger partial charge >= 0.3 is 0 Å². The summed E-state index contributed by atoms with van der Waals surface area (Å²) in [7, 11) is 0. The molecule has 1 aliphatic rings. The summed E-state index contributed by atoms with van der Waals surface area (Å²) in [4.78, 5) is 12.7. The fraction of sp³-hybridized carbons (Fsp3) is 0.200. The van der Waals surface area contributed by atoms with Gasteiger partial charge in [0, 0.05) is 5.56 Å². The number of aryl methyl sites for hydroxylation is 1. The van der Waals surface area contributed by atoms with E-state index in [2.05, 4.69) is 10.4 Å². The van der Waals surface area contributed by atoms with Gasteiger partial charge in [-0.25, -0.2) is 9.07 Å². The number of fused-ring (bicyclic) bond motifs is 1. The molecule has 0 spiro atoms. The van der Waals surface area contributed by atoms with Crippen LogP contribution in [0.4, 0.5) is 10.2 Å². The van der Waals surface area contributed by atoms with Gasteiger partial charge < -0.3 is 14.8 Å². The Balaban J connectivity index is 1.50. The van der Waals surface area contributed by atoms with Crippen molar-refractivity contribution in [2.45, 2.75) is 19.6 Å². The van der Waals surface area contributed by atoms with Gasteiger partial charge in [0.2, 0.25) is 6.10 Å². The van der Waals surface area contributed by atoms with E-state index in [0.29, 0.717) is 23.9 Å². The number of carbonyl (C=O) groups excluding carboxylic acids is 1. The number of rotatable bonds is 4. The molecular weight excluding hydrogens is 349 g/mol. The van der Waals surface area contributed by atoms with Crippen LogP contribution in [0.5, 0.6) is 11.5 Å². The Morgan fingerprint density at radius 1 is 1.26 bits per heavy atom. The van der Waals surface area contributed by atoms with E-state index < -0.39 is 6.10 Å². The van der Waals surface area contributed by atoms with Crippen molar-refractivity contribution < 1.29 is 18.7 Å². The van der Waals surface area contributed by atoms with Crippen LogP contribution in [-0.4, -0.2) is 28.4 Å². The predicted molar refractivity (Wildman–Crippen MR) is 97.4 cm³/mol. The number of benzene rings is 2. The van der Waals surface area contributed by atoms with Gasteiger partial charge in [-0.15, -0.1) is 0 Å². The molecule has 27 heavy (non-hydrogen) atoms. The third-order valence-corrected chi connectivity index (χ3v) is 4.29. The number of nitrogens with zero attached hydrogens (tertiary/aromatic N) is 2. The second kappa shape index (κ2) is 7.11. The highest BCUT2D eigenvalue weighted by Gasteiger charge is 2.28. The molecule has 1 N–H and O–H groups in total. The molecule has 6 nitrogen and oxygen atoms in total. The van der Waals surface area contributed by atoms with Crippen molar-refractivity contribution in [3.05, 3.63) is 71.7 Å². The molecule has 7 heteroatoms. The average molecular weight is 367 g/mol. The Labute approximate surface area is 155 Å². The highest BCUT2D eigenvalue weighted by Crippen LogP contribution is 2.31. The number of amides is 1. The summed E-state index contributed by atoms with van der Waals surface area (Å²) in [5.74, 6) is 1.07. The Morgan fingerprint density at radius 3 is 2.89 bits per heavy atom. The summed E-state index contributed by atoms with van der Waals surface area (Å²) in [6.07, 6.45) is 0.888. The number of hydrogen-bond acceptors (Lipinski definition) is 4. The first-order valence-electron chi connectivity index (χ1n) is 8.56. The van der Waals surface area contributed by atoms with Crippen LogP contribution in [0.2, 0.25) is 0 Å². The third-order valence-electron chi connectivity index (χ3n) is 4.29. The molecule has 4 rings (SSSR count). The number of hydrogen-bond donors (Lipinski definition) is 1. The number of nitrogens with one attached hydrogen (secondary N) is 1. The predicted octanol–water partition coefficient (Wildman–Crippen LogP) is 3.16. The fourth-order valence-electron chi connectivity index (χ4n) is 2.92. The van der Waals surface area contributed by atoms with Gasteiger partial charge in [0.1, 0.15) is 18.2 Å². The standard InChI is InChI=1S/C20H18FN3O3/c1-13-10-22-24(11-14-5-4-6-15(21)9-14)19(13)23-20(25)18-12-26-16-7-2-3-8-17(16)27-18/h2-10,18H,11-12H2,1H3,(H,23,25). The van der Waals surface area contributed by atoms with Crippen molar-refractivity contribution in [2.24, 2.45) is 0 Å². The van der Waals surface area contributed by atoms with E-state index in [-0.39, 0.29) is 18.3 Å². The van der Waals surface area contributed by atoms with E-state index >= 15 is 0 Å². The lowest BCUT2D eigenvalue weighted by molar-refractivity contribution is -0.125. The first kappa shape index (κ1) is 17.1. The van der Waals surface area contributed by atoms with Crippen molar-refractivity contribution in [1.29, 1.82) is 0 Å². The highest BCUT2D eigenvalue weighted by molar-refractivity contribution is 5.94. The minimum absolute atomic E-state index is 0.125. The maximum Gasteiger partial charge on any atom is 0.270 e. The molecule has 0 radical (unpaired) electrons. The Morgan fingerprint density at radius 2 is 2.07 bits per heavy atom. The molecule has 0 aliphatic carbocycles. The Bertz CT molecular complexity index is 986. The molecule has 1 unspecified atom stereocenters.